The molecule has 38 heavy (non-hydrogen) atoms. The van der Waals surface area contributed by atoms with Gasteiger partial charge in [-0.2, -0.15) is 0 Å². The fourth-order valence-electron chi connectivity index (χ4n) is 4.37. The maximum absolute atomic E-state index is 13.8. The van der Waals surface area contributed by atoms with Crippen molar-refractivity contribution in [3.05, 3.63) is 130 Å². The molecule has 6 heteroatoms. The van der Waals surface area contributed by atoms with Crippen molar-refractivity contribution in [3.8, 4) is 5.69 Å². The first-order valence-electron chi connectivity index (χ1n) is 12.7. The first kappa shape index (κ1) is 25.5. The molecule has 5 aromatic rings. The van der Waals surface area contributed by atoms with Crippen molar-refractivity contribution in [1.29, 1.82) is 0 Å². The fraction of sp³-hybridized carbons (Fsp3) is 0.156. The van der Waals surface area contributed by atoms with Crippen molar-refractivity contribution >= 4 is 34.3 Å². The lowest BCUT2D eigenvalue weighted by Gasteiger charge is -2.20. The van der Waals surface area contributed by atoms with E-state index < -0.39 is 5.25 Å². The average molecular weight is 520 g/mol. The molecule has 0 spiro atoms. The van der Waals surface area contributed by atoms with Crippen LogP contribution >= 0.6 is 11.8 Å². The summed E-state index contributed by atoms with van der Waals surface area (Å²) in [5.74, 6) is -0.176. The summed E-state index contributed by atoms with van der Waals surface area (Å²) in [7, 11) is 0. The number of thioether (sulfide) groups is 1. The lowest BCUT2D eigenvalue weighted by atomic mass is 10.1. The minimum absolute atomic E-state index is 0.163. The summed E-state index contributed by atoms with van der Waals surface area (Å²) >= 11 is 1.28. The van der Waals surface area contributed by atoms with Crippen LogP contribution in [0.4, 0.5) is 5.69 Å². The average Bonchev–Trinajstić information content (AvgIpc) is 2.94. The van der Waals surface area contributed by atoms with Crippen LogP contribution < -0.4 is 10.9 Å². The number of nitrogens with zero attached hydrogens (tertiary/aromatic N) is 2. The highest BCUT2D eigenvalue weighted by molar-refractivity contribution is 8.00. The van der Waals surface area contributed by atoms with E-state index in [9.17, 15) is 9.59 Å². The van der Waals surface area contributed by atoms with E-state index >= 15 is 0 Å². The van der Waals surface area contributed by atoms with E-state index in [0.717, 1.165) is 34.5 Å². The molecule has 0 bridgehead atoms. The van der Waals surface area contributed by atoms with Gasteiger partial charge in [0.25, 0.3) is 5.56 Å². The Labute approximate surface area is 226 Å². The summed E-state index contributed by atoms with van der Waals surface area (Å²) in [5.41, 5.74) is 5.99. The second kappa shape index (κ2) is 11.1. The highest BCUT2D eigenvalue weighted by atomic mass is 32.2. The molecule has 1 unspecified atom stereocenters. The molecule has 1 atom stereocenters. The minimum Gasteiger partial charge on any atom is -0.325 e. The Morgan fingerprint density at radius 2 is 1.63 bits per heavy atom. The van der Waals surface area contributed by atoms with Crippen LogP contribution in [0, 0.1) is 13.8 Å². The highest BCUT2D eigenvalue weighted by Gasteiger charge is 2.26. The number of amides is 1. The van der Waals surface area contributed by atoms with E-state index in [2.05, 4.69) is 12.2 Å². The molecule has 1 aromatic heterocycles. The summed E-state index contributed by atoms with van der Waals surface area (Å²) in [6.07, 6.45) is 0.904. The number of carbonyl (C=O) groups excluding carboxylic acids is 1. The van der Waals surface area contributed by atoms with Gasteiger partial charge >= 0.3 is 0 Å². The number of benzene rings is 4. The molecular formula is C32H29N3O2S. The summed E-state index contributed by atoms with van der Waals surface area (Å²) < 4.78 is 1.62. The number of rotatable bonds is 7. The van der Waals surface area contributed by atoms with Crippen LogP contribution in [0.15, 0.2) is 107 Å². The largest absolute Gasteiger partial charge is 0.325 e. The molecule has 0 aliphatic heterocycles. The van der Waals surface area contributed by atoms with Crippen LogP contribution in [0.5, 0.6) is 0 Å². The molecule has 0 aliphatic carbocycles. The van der Waals surface area contributed by atoms with Gasteiger partial charge in [0.05, 0.1) is 16.6 Å². The lowest BCUT2D eigenvalue weighted by molar-refractivity contribution is -0.115. The first-order chi connectivity index (χ1) is 18.4. The number of para-hydroxylation sites is 1. The van der Waals surface area contributed by atoms with Crippen LogP contribution in [0.1, 0.15) is 34.4 Å². The molecule has 0 aliphatic rings. The third-order valence-corrected chi connectivity index (χ3v) is 7.77. The molecule has 5 rings (SSSR count). The van der Waals surface area contributed by atoms with Gasteiger partial charge in [-0.25, -0.2) is 4.98 Å². The van der Waals surface area contributed by atoms with Gasteiger partial charge in [-0.1, -0.05) is 85.4 Å². The smallest absolute Gasteiger partial charge is 0.266 e. The van der Waals surface area contributed by atoms with Crippen molar-refractivity contribution in [1.82, 2.24) is 9.55 Å². The standard InChI is InChI=1S/C32H29N3O2S/c1-4-23-16-18-25(19-17-23)35-31(37)26-12-8-9-13-27(26)34-32(35)38-29(24-10-6-5-7-11-24)30(36)33-28-20-21(2)14-15-22(28)3/h5-20,29H,4H2,1-3H3,(H,33,36). The second-order valence-electron chi connectivity index (χ2n) is 9.29. The van der Waals surface area contributed by atoms with Crippen LogP contribution in [0.2, 0.25) is 0 Å². The van der Waals surface area contributed by atoms with Crippen molar-refractivity contribution in [2.75, 3.05) is 5.32 Å². The number of hydrogen-bond acceptors (Lipinski definition) is 4. The third-order valence-electron chi connectivity index (χ3n) is 6.56. The molecular weight excluding hydrogens is 490 g/mol. The molecule has 0 saturated carbocycles. The molecule has 0 saturated heterocycles. The predicted octanol–water partition coefficient (Wildman–Crippen LogP) is 7.04. The predicted molar refractivity (Wildman–Crippen MR) is 156 cm³/mol. The highest BCUT2D eigenvalue weighted by Crippen LogP contribution is 2.36. The van der Waals surface area contributed by atoms with E-state index in [1.807, 2.05) is 105 Å². The van der Waals surface area contributed by atoms with Crippen LogP contribution in [0.3, 0.4) is 0 Å². The van der Waals surface area contributed by atoms with E-state index in [4.69, 9.17) is 4.98 Å². The van der Waals surface area contributed by atoms with Gasteiger partial charge in [-0.3, -0.25) is 14.2 Å². The molecule has 5 nitrogen and oxygen atoms in total. The Morgan fingerprint density at radius 3 is 2.37 bits per heavy atom. The summed E-state index contributed by atoms with van der Waals surface area (Å²) in [6.45, 7) is 6.07. The topological polar surface area (TPSA) is 64.0 Å². The molecule has 190 valence electrons. The van der Waals surface area contributed by atoms with Crippen molar-refractivity contribution in [3.63, 3.8) is 0 Å². The van der Waals surface area contributed by atoms with Gasteiger partial charge < -0.3 is 5.32 Å². The molecule has 4 aromatic carbocycles. The van der Waals surface area contributed by atoms with Gasteiger partial charge in [0, 0.05) is 5.69 Å². The normalized spacial score (nSPS) is 11.9. The monoisotopic (exact) mass is 519 g/mol. The number of anilines is 1. The summed E-state index contributed by atoms with van der Waals surface area (Å²) in [6, 6.07) is 30.9. The van der Waals surface area contributed by atoms with E-state index in [1.54, 1.807) is 10.6 Å². The number of nitrogens with one attached hydrogen (secondary N) is 1. The molecule has 1 amide bonds. The maximum atomic E-state index is 13.8. The number of carbonyl (C=O) groups is 1. The zero-order valence-corrected chi connectivity index (χ0v) is 22.5. The molecule has 0 fully saturated rings. The second-order valence-corrected chi connectivity index (χ2v) is 10.4. The van der Waals surface area contributed by atoms with Crippen LogP contribution in [-0.2, 0) is 11.2 Å². The van der Waals surface area contributed by atoms with Crippen molar-refractivity contribution in [2.45, 2.75) is 37.6 Å². The molecule has 1 N–H and O–H groups in total. The zero-order valence-electron chi connectivity index (χ0n) is 21.6. The van der Waals surface area contributed by atoms with Crippen molar-refractivity contribution < 1.29 is 4.79 Å². The Kier molecular flexibility index (Phi) is 7.43. The number of fused-ring (bicyclic) bond motifs is 1. The maximum Gasteiger partial charge on any atom is 0.266 e. The van der Waals surface area contributed by atoms with Gasteiger partial charge in [0.15, 0.2) is 5.16 Å². The van der Waals surface area contributed by atoms with Crippen LogP contribution in [-0.4, -0.2) is 15.5 Å². The summed E-state index contributed by atoms with van der Waals surface area (Å²) in [4.78, 5) is 32.5. The lowest BCUT2D eigenvalue weighted by Crippen LogP contribution is -2.24. The van der Waals surface area contributed by atoms with E-state index in [0.29, 0.717) is 16.1 Å². The number of aromatic nitrogens is 2. The summed E-state index contributed by atoms with van der Waals surface area (Å²) in [5, 5.41) is 3.48. The van der Waals surface area contributed by atoms with E-state index in [-0.39, 0.29) is 11.5 Å². The molecule has 0 radical (unpaired) electrons. The van der Waals surface area contributed by atoms with Gasteiger partial charge in [-0.15, -0.1) is 0 Å². The Morgan fingerprint density at radius 1 is 0.921 bits per heavy atom. The minimum atomic E-state index is -0.634. The SMILES string of the molecule is CCc1ccc(-n2c(SC(C(=O)Nc3cc(C)ccc3C)c3ccccc3)nc3ccccc3c2=O)cc1. The fourth-order valence-corrected chi connectivity index (χ4v) is 5.49. The van der Waals surface area contributed by atoms with Gasteiger partial charge in [0.1, 0.15) is 5.25 Å². The Hall–Kier alpha value is -4.16. The van der Waals surface area contributed by atoms with Gasteiger partial charge in [-0.05, 0) is 72.9 Å². The zero-order chi connectivity index (χ0) is 26.6. The van der Waals surface area contributed by atoms with Crippen LogP contribution in [0.25, 0.3) is 16.6 Å². The Bertz CT molecular complexity index is 1660. The molecule has 1 heterocycles. The van der Waals surface area contributed by atoms with Gasteiger partial charge in [0.2, 0.25) is 5.91 Å². The van der Waals surface area contributed by atoms with E-state index in [1.165, 1.54) is 17.3 Å². The van der Waals surface area contributed by atoms with Crippen molar-refractivity contribution in [2.24, 2.45) is 0 Å². The quantitative estimate of drug-likeness (QED) is 0.185. The number of aryl methyl sites for hydroxylation is 3. The Balaban J connectivity index is 1.63. The number of hydrogen-bond donors (Lipinski definition) is 1. The third kappa shape index (κ3) is 5.27. The first-order valence-corrected chi connectivity index (χ1v) is 13.5.